The van der Waals surface area contributed by atoms with Crippen molar-refractivity contribution in [3.05, 3.63) is 18.0 Å². The van der Waals surface area contributed by atoms with Crippen LogP contribution in [0.25, 0.3) is 0 Å². The van der Waals surface area contributed by atoms with Crippen molar-refractivity contribution < 1.29 is 28.2 Å². The van der Waals surface area contributed by atoms with E-state index in [9.17, 15) is 13.2 Å². The van der Waals surface area contributed by atoms with Gasteiger partial charge < -0.3 is 10.2 Å². The van der Waals surface area contributed by atoms with Crippen LogP contribution in [0.1, 0.15) is 5.69 Å². The molecule has 0 fully saturated rings. The quantitative estimate of drug-likeness (QED) is 0.685. The van der Waals surface area contributed by atoms with Crippen LogP contribution in [0.4, 0.5) is 18.0 Å². The summed E-state index contributed by atoms with van der Waals surface area (Å²) in [5.41, 5.74) is -0.852. The number of carboxylic acid groups (broad SMARTS) is 2. The summed E-state index contributed by atoms with van der Waals surface area (Å²) in [4.78, 5) is 8.56. The molecule has 0 saturated carbocycles. The maximum absolute atomic E-state index is 11.7. The lowest BCUT2D eigenvalue weighted by Crippen LogP contribution is -2.06. The zero-order chi connectivity index (χ0) is 11.4. The summed E-state index contributed by atoms with van der Waals surface area (Å²) in [6.45, 7) is 0. The molecule has 80 valence electrons. The Morgan fingerprint density at radius 2 is 1.93 bits per heavy atom. The first kappa shape index (κ1) is 12.3. The molecule has 0 spiro atoms. The normalized spacial score (nSPS) is 10.3. The number of nitrogens with zero attached hydrogens (tertiary/aromatic N) is 2. The molecule has 0 bridgehead atoms. The van der Waals surface area contributed by atoms with Gasteiger partial charge in [0, 0.05) is 13.2 Å². The third-order valence-electron chi connectivity index (χ3n) is 1.00. The van der Waals surface area contributed by atoms with E-state index >= 15 is 0 Å². The third-order valence-corrected chi connectivity index (χ3v) is 1.00. The maximum atomic E-state index is 11.7. The summed E-state index contributed by atoms with van der Waals surface area (Å²) in [6, 6.07) is 0.931. The fraction of sp³-hybridized carbons (Fsp3) is 0.333. The zero-order valence-corrected chi connectivity index (χ0v) is 6.99. The van der Waals surface area contributed by atoms with Gasteiger partial charge in [-0.15, -0.1) is 0 Å². The highest BCUT2D eigenvalue weighted by atomic mass is 19.4. The summed E-state index contributed by atoms with van der Waals surface area (Å²) >= 11 is 0. The van der Waals surface area contributed by atoms with Gasteiger partial charge >= 0.3 is 12.3 Å². The molecule has 0 aliphatic carbocycles. The number of alkyl halides is 3. The van der Waals surface area contributed by atoms with Crippen LogP contribution in [0.5, 0.6) is 0 Å². The molecule has 0 atom stereocenters. The average Bonchev–Trinajstić information content (AvgIpc) is 2.32. The fourth-order valence-electron chi connectivity index (χ4n) is 0.566. The van der Waals surface area contributed by atoms with Gasteiger partial charge in [0.05, 0.1) is 0 Å². The Hall–Kier alpha value is -1.73. The summed E-state index contributed by atoms with van der Waals surface area (Å²) in [6.07, 6.45) is -4.90. The Morgan fingerprint density at radius 1 is 1.50 bits per heavy atom. The Kier molecular flexibility index (Phi) is 3.94. The lowest BCUT2D eigenvalue weighted by atomic mass is 10.4. The van der Waals surface area contributed by atoms with E-state index in [1.54, 1.807) is 0 Å². The highest BCUT2D eigenvalue weighted by Crippen LogP contribution is 2.26. The Bertz CT molecular complexity index is 304. The van der Waals surface area contributed by atoms with Crippen LogP contribution in [0.2, 0.25) is 0 Å². The smallest absolute Gasteiger partial charge is 0.450 e. The first-order valence-corrected chi connectivity index (χ1v) is 3.22. The van der Waals surface area contributed by atoms with Gasteiger partial charge in [-0.2, -0.15) is 18.3 Å². The van der Waals surface area contributed by atoms with Crippen molar-refractivity contribution in [2.45, 2.75) is 6.18 Å². The van der Waals surface area contributed by atoms with Crippen molar-refractivity contribution in [3.63, 3.8) is 0 Å². The van der Waals surface area contributed by atoms with E-state index in [4.69, 9.17) is 15.0 Å². The van der Waals surface area contributed by atoms with Crippen molar-refractivity contribution in [2.75, 3.05) is 0 Å². The molecule has 8 heteroatoms. The Morgan fingerprint density at radius 3 is 2.07 bits per heavy atom. The number of carbonyl (C=O) groups is 1. The molecule has 0 amide bonds. The van der Waals surface area contributed by atoms with Crippen LogP contribution < -0.4 is 0 Å². The Labute approximate surface area is 76.4 Å². The highest BCUT2D eigenvalue weighted by molar-refractivity contribution is 5.53. The van der Waals surface area contributed by atoms with Crippen LogP contribution in [0.15, 0.2) is 12.3 Å². The molecular weight excluding hydrogens is 205 g/mol. The second kappa shape index (κ2) is 4.49. The van der Waals surface area contributed by atoms with E-state index in [1.807, 2.05) is 0 Å². The van der Waals surface area contributed by atoms with E-state index in [1.165, 1.54) is 13.2 Å². The molecule has 0 saturated heterocycles. The molecule has 0 aliphatic rings. The summed E-state index contributed by atoms with van der Waals surface area (Å²) < 4.78 is 36.3. The number of aryl methyl sites for hydroxylation is 1. The van der Waals surface area contributed by atoms with E-state index in [-0.39, 0.29) is 0 Å². The van der Waals surface area contributed by atoms with Gasteiger partial charge in [-0.1, -0.05) is 0 Å². The van der Waals surface area contributed by atoms with Crippen LogP contribution in [-0.4, -0.2) is 26.1 Å². The van der Waals surface area contributed by atoms with Crippen molar-refractivity contribution in [1.29, 1.82) is 0 Å². The number of hydrogen-bond donors (Lipinski definition) is 2. The van der Waals surface area contributed by atoms with Crippen molar-refractivity contribution in [2.24, 2.45) is 7.05 Å². The van der Waals surface area contributed by atoms with Gasteiger partial charge in [0.1, 0.15) is 0 Å². The molecular formula is C6H7F3N2O3. The molecule has 2 N–H and O–H groups in total. The third kappa shape index (κ3) is 5.01. The minimum absolute atomic E-state index is 0.852. The second-order valence-corrected chi connectivity index (χ2v) is 2.15. The summed E-state index contributed by atoms with van der Waals surface area (Å²) in [5.74, 6) is 0. The molecule has 14 heavy (non-hydrogen) atoms. The first-order chi connectivity index (χ1) is 6.23. The predicted octanol–water partition coefficient (Wildman–Crippen LogP) is 1.66. The highest BCUT2D eigenvalue weighted by Gasteiger charge is 2.33. The topological polar surface area (TPSA) is 75.4 Å². The molecule has 1 heterocycles. The van der Waals surface area contributed by atoms with Gasteiger partial charge in [-0.3, -0.25) is 4.68 Å². The lowest BCUT2D eigenvalue weighted by Gasteiger charge is -1.99. The standard InChI is InChI=1S/C5H5F3N2.CH2O3/c1-10-3-2-4(9-10)5(6,7)8;2-1(3)4/h2-3H,1H3;(H2,2,3,4). The molecule has 1 rings (SSSR count). The van der Waals surface area contributed by atoms with E-state index < -0.39 is 18.0 Å². The fourth-order valence-corrected chi connectivity index (χ4v) is 0.566. The van der Waals surface area contributed by atoms with Crippen LogP contribution in [0.3, 0.4) is 0 Å². The van der Waals surface area contributed by atoms with E-state index in [0.29, 0.717) is 0 Å². The van der Waals surface area contributed by atoms with E-state index in [2.05, 4.69) is 5.10 Å². The summed E-state index contributed by atoms with van der Waals surface area (Å²) in [7, 11) is 1.44. The van der Waals surface area contributed by atoms with Crippen LogP contribution in [0, 0.1) is 0 Å². The van der Waals surface area contributed by atoms with Crippen LogP contribution in [-0.2, 0) is 13.2 Å². The van der Waals surface area contributed by atoms with Crippen molar-refractivity contribution in [3.8, 4) is 0 Å². The largest absolute Gasteiger partial charge is 0.503 e. The zero-order valence-electron chi connectivity index (χ0n) is 6.99. The Balaban J connectivity index is 0.000000364. The first-order valence-electron chi connectivity index (χ1n) is 3.22. The monoisotopic (exact) mass is 212 g/mol. The number of hydrogen-bond acceptors (Lipinski definition) is 2. The molecule has 0 aliphatic heterocycles. The van der Waals surface area contributed by atoms with Gasteiger partial charge in [0.2, 0.25) is 0 Å². The predicted molar refractivity (Wildman–Crippen MR) is 38.9 cm³/mol. The van der Waals surface area contributed by atoms with Gasteiger partial charge in [0.15, 0.2) is 5.69 Å². The average molecular weight is 212 g/mol. The van der Waals surface area contributed by atoms with E-state index in [0.717, 1.165) is 10.7 Å². The summed E-state index contributed by atoms with van der Waals surface area (Å²) in [5, 5.41) is 17.1. The molecule has 1 aromatic heterocycles. The van der Waals surface area contributed by atoms with Gasteiger partial charge in [-0.25, -0.2) is 4.79 Å². The van der Waals surface area contributed by atoms with Gasteiger partial charge in [-0.05, 0) is 6.07 Å². The SMILES string of the molecule is Cn1ccc(C(F)(F)F)n1.O=C(O)O. The maximum Gasteiger partial charge on any atom is 0.503 e. The van der Waals surface area contributed by atoms with Crippen molar-refractivity contribution >= 4 is 6.16 Å². The molecule has 0 radical (unpaired) electrons. The number of aromatic nitrogens is 2. The minimum Gasteiger partial charge on any atom is -0.450 e. The molecule has 0 aromatic carbocycles. The molecule has 0 unspecified atom stereocenters. The minimum atomic E-state index is -4.32. The van der Waals surface area contributed by atoms with Gasteiger partial charge in [0.25, 0.3) is 0 Å². The number of halogens is 3. The van der Waals surface area contributed by atoms with Crippen LogP contribution >= 0.6 is 0 Å². The molecule has 1 aromatic rings. The lowest BCUT2D eigenvalue weighted by molar-refractivity contribution is -0.141. The number of rotatable bonds is 0. The molecule has 5 nitrogen and oxygen atoms in total. The second-order valence-electron chi connectivity index (χ2n) is 2.15. The van der Waals surface area contributed by atoms with Crippen molar-refractivity contribution in [1.82, 2.24) is 9.78 Å².